The monoisotopic (exact) mass is 371 g/mol. The van der Waals surface area contributed by atoms with Gasteiger partial charge in [-0.3, -0.25) is 15.6 Å². The Morgan fingerprint density at radius 3 is 2.20 bits per heavy atom. The maximum atomic E-state index is 12.3. The van der Waals surface area contributed by atoms with Gasteiger partial charge in [-0.05, 0) is 62.4 Å². The lowest BCUT2D eigenvalue weighted by molar-refractivity contribution is 0.0942. The van der Waals surface area contributed by atoms with Crippen LogP contribution in [0.4, 0.5) is 0 Å². The van der Waals surface area contributed by atoms with Gasteiger partial charge in [0.25, 0.3) is 5.91 Å². The van der Waals surface area contributed by atoms with Crippen molar-refractivity contribution < 1.29 is 4.79 Å². The van der Waals surface area contributed by atoms with Crippen LogP contribution in [0.2, 0.25) is 4.34 Å². The number of rotatable bonds is 5. The van der Waals surface area contributed by atoms with Crippen LogP contribution >= 0.6 is 22.9 Å². The number of hydrogen-bond donors (Lipinski definition) is 2. The van der Waals surface area contributed by atoms with E-state index in [-0.39, 0.29) is 5.91 Å². The second kappa shape index (κ2) is 7.17. The molecule has 2 heterocycles. The highest BCUT2D eigenvalue weighted by Crippen LogP contribution is 2.25. The second-order valence-corrected chi connectivity index (χ2v) is 7.37. The molecule has 2 N–H and O–H groups in total. The Kier molecular flexibility index (Phi) is 4.97. The van der Waals surface area contributed by atoms with Crippen LogP contribution in [0, 0.1) is 13.8 Å². The number of aromatic nitrogens is 1. The molecule has 6 heteroatoms. The Labute approximate surface area is 155 Å². The highest BCUT2D eigenvalue weighted by molar-refractivity contribution is 7.17. The van der Waals surface area contributed by atoms with Crippen molar-refractivity contribution in [2.75, 3.05) is 0 Å². The molecule has 0 unspecified atom stereocenters. The molecule has 0 aliphatic heterocycles. The third kappa shape index (κ3) is 3.78. The first-order valence-electron chi connectivity index (χ1n) is 7.72. The summed E-state index contributed by atoms with van der Waals surface area (Å²) in [6.45, 7) is 8.00. The number of aryl methyl sites for hydroxylation is 2. The van der Waals surface area contributed by atoms with Gasteiger partial charge in [-0.25, -0.2) is 0 Å². The predicted molar refractivity (Wildman–Crippen MR) is 104 cm³/mol. The third-order valence-electron chi connectivity index (χ3n) is 3.86. The van der Waals surface area contributed by atoms with Crippen LogP contribution < -0.4 is 10.9 Å². The van der Waals surface area contributed by atoms with Crippen LogP contribution in [0.25, 0.3) is 11.4 Å². The summed E-state index contributed by atoms with van der Waals surface area (Å²) >= 11 is 7.30. The van der Waals surface area contributed by atoms with E-state index in [1.54, 1.807) is 18.2 Å². The lowest BCUT2D eigenvalue weighted by Crippen LogP contribution is -2.35. The van der Waals surface area contributed by atoms with E-state index >= 15 is 0 Å². The van der Waals surface area contributed by atoms with E-state index in [1.807, 2.05) is 18.2 Å². The smallest absolute Gasteiger partial charge is 0.269 e. The number of hydrazine groups is 1. The van der Waals surface area contributed by atoms with E-state index < -0.39 is 0 Å². The number of carbonyl (C=O) groups is 1. The first-order chi connectivity index (χ1) is 12.0. The van der Waals surface area contributed by atoms with E-state index in [1.165, 1.54) is 11.3 Å². The molecule has 1 aromatic carbocycles. The summed E-state index contributed by atoms with van der Waals surface area (Å²) in [6.07, 6.45) is 0. The molecule has 1 amide bonds. The molecule has 0 saturated carbocycles. The molecule has 3 aromatic rings. The number of thiophene rings is 1. The minimum Gasteiger partial charge on any atom is -0.319 e. The highest BCUT2D eigenvalue weighted by Gasteiger charge is 2.09. The molecule has 0 radical (unpaired) electrons. The van der Waals surface area contributed by atoms with Gasteiger partial charge in [0.2, 0.25) is 0 Å². The normalized spacial score (nSPS) is 10.5. The number of nitrogens with zero attached hydrogens (tertiary/aromatic N) is 1. The minimum atomic E-state index is -0.226. The van der Waals surface area contributed by atoms with Crippen molar-refractivity contribution in [2.24, 2.45) is 0 Å². The molecule has 128 valence electrons. The van der Waals surface area contributed by atoms with E-state index in [2.05, 4.69) is 48.0 Å². The lowest BCUT2D eigenvalue weighted by Gasteiger charge is -2.12. The van der Waals surface area contributed by atoms with Crippen LogP contribution in [-0.2, 0) is 0 Å². The molecule has 0 fully saturated rings. The predicted octanol–water partition coefficient (Wildman–Crippen LogP) is 4.71. The number of halogens is 1. The van der Waals surface area contributed by atoms with Crippen molar-refractivity contribution in [1.29, 1.82) is 0 Å². The fourth-order valence-corrected chi connectivity index (χ4v) is 3.55. The molecule has 0 aliphatic carbocycles. The molecule has 25 heavy (non-hydrogen) atoms. The Bertz CT molecular complexity index is 905. The highest BCUT2D eigenvalue weighted by atomic mass is 35.5. The molecule has 2 aromatic heterocycles. The summed E-state index contributed by atoms with van der Waals surface area (Å²) in [6, 6.07) is 15.3. The molecule has 3 rings (SSSR count). The van der Waals surface area contributed by atoms with Gasteiger partial charge >= 0.3 is 0 Å². The summed E-state index contributed by atoms with van der Waals surface area (Å²) in [5, 5.41) is 0. The van der Waals surface area contributed by atoms with Crippen LogP contribution in [0.15, 0.2) is 55.1 Å². The Morgan fingerprint density at radius 1 is 1.00 bits per heavy atom. The van der Waals surface area contributed by atoms with Crippen LogP contribution in [-0.4, -0.2) is 10.5 Å². The van der Waals surface area contributed by atoms with E-state index in [0.29, 0.717) is 15.6 Å². The largest absolute Gasteiger partial charge is 0.319 e. The van der Waals surface area contributed by atoms with Crippen LogP contribution in [0.5, 0.6) is 0 Å². The van der Waals surface area contributed by atoms with Gasteiger partial charge in [-0.2, -0.15) is 0 Å². The maximum Gasteiger partial charge on any atom is 0.269 e. The Morgan fingerprint density at radius 2 is 1.64 bits per heavy atom. The third-order valence-corrected chi connectivity index (χ3v) is 5.15. The van der Waals surface area contributed by atoms with Crippen molar-refractivity contribution in [3.8, 4) is 5.69 Å². The second-order valence-electron chi connectivity index (χ2n) is 5.66. The quantitative estimate of drug-likeness (QED) is 0.638. The number of carbonyl (C=O) groups excluding carboxylic acids is 1. The molecular formula is C19H18ClN3OS. The molecule has 0 bridgehead atoms. The van der Waals surface area contributed by atoms with Gasteiger partial charge < -0.3 is 4.57 Å². The van der Waals surface area contributed by atoms with Crippen molar-refractivity contribution in [2.45, 2.75) is 13.8 Å². The molecule has 0 spiro atoms. The SMILES string of the molecule is C=C(NNC(=O)c1ccc(-n2c(C)ccc2C)cc1)c1ccc(Cl)s1. The van der Waals surface area contributed by atoms with Crippen LogP contribution in [0.3, 0.4) is 0 Å². The van der Waals surface area contributed by atoms with Gasteiger partial charge in [-0.15, -0.1) is 11.3 Å². The zero-order valence-corrected chi connectivity index (χ0v) is 15.5. The molecular weight excluding hydrogens is 354 g/mol. The fraction of sp³-hybridized carbons (Fsp3) is 0.105. The number of nitrogens with one attached hydrogen (secondary N) is 2. The molecule has 0 saturated heterocycles. The number of benzene rings is 1. The van der Waals surface area contributed by atoms with Gasteiger partial charge in [0, 0.05) is 22.6 Å². The topological polar surface area (TPSA) is 46.1 Å². The first kappa shape index (κ1) is 17.3. The zero-order chi connectivity index (χ0) is 18.0. The van der Waals surface area contributed by atoms with Crippen molar-refractivity contribution in [1.82, 2.24) is 15.4 Å². The summed E-state index contributed by atoms with van der Waals surface area (Å²) in [5.41, 5.74) is 9.98. The molecule has 0 atom stereocenters. The van der Waals surface area contributed by atoms with Crippen molar-refractivity contribution in [3.63, 3.8) is 0 Å². The average molecular weight is 372 g/mol. The lowest BCUT2D eigenvalue weighted by atomic mass is 10.2. The van der Waals surface area contributed by atoms with Crippen molar-refractivity contribution in [3.05, 3.63) is 81.3 Å². The van der Waals surface area contributed by atoms with E-state index in [4.69, 9.17) is 11.6 Å². The summed E-state index contributed by atoms with van der Waals surface area (Å²) in [5.74, 6) is -0.226. The molecule has 4 nitrogen and oxygen atoms in total. The summed E-state index contributed by atoms with van der Waals surface area (Å²) in [7, 11) is 0. The van der Waals surface area contributed by atoms with E-state index in [0.717, 1.165) is 22.0 Å². The molecule has 0 aliphatic rings. The number of hydrogen-bond acceptors (Lipinski definition) is 3. The average Bonchev–Trinajstić information content (AvgIpc) is 3.18. The first-order valence-corrected chi connectivity index (χ1v) is 8.91. The zero-order valence-electron chi connectivity index (χ0n) is 14.0. The van der Waals surface area contributed by atoms with E-state index in [9.17, 15) is 4.79 Å². The van der Waals surface area contributed by atoms with Gasteiger partial charge in [0.1, 0.15) is 0 Å². The minimum absolute atomic E-state index is 0.226. The number of amides is 1. The Hall–Kier alpha value is -2.50. The maximum absolute atomic E-state index is 12.3. The van der Waals surface area contributed by atoms with Gasteiger partial charge in [-0.1, -0.05) is 18.2 Å². The summed E-state index contributed by atoms with van der Waals surface area (Å²) in [4.78, 5) is 13.1. The van der Waals surface area contributed by atoms with Gasteiger partial charge in [0.05, 0.1) is 14.9 Å². The van der Waals surface area contributed by atoms with Gasteiger partial charge in [0.15, 0.2) is 0 Å². The fourth-order valence-electron chi connectivity index (χ4n) is 2.58. The summed E-state index contributed by atoms with van der Waals surface area (Å²) < 4.78 is 2.82. The van der Waals surface area contributed by atoms with Crippen LogP contribution in [0.1, 0.15) is 26.6 Å². The van der Waals surface area contributed by atoms with Crippen molar-refractivity contribution >= 4 is 34.5 Å². The Balaban J connectivity index is 1.66. The standard InChI is InChI=1S/C19H18ClN3OS/c1-12-4-5-13(2)23(12)16-8-6-15(7-9-16)19(24)22-21-14(3)17-10-11-18(20)25-17/h4-11,21H,3H2,1-2H3,(H,22,24).